The number of fused-ring (bicyclic) bond motifs is 1. The van der Waals surface area contributed by atoms with Crippen LogP contribution in [0.15, 0.2) is 35.5 Å². The van der Waals surface area contributed by atoms with Gasteiger partial charge in [-0.15, -0.1) is 0 Å². The summed E-state index contributed by atoms with van der Waals surface area (Å²) in [6.07, 6.45) is -4.20. The van der Waals surface area contributed by atoms with Crippen molar-refractivity contribution in [3.63, 3.8) is 0 Å². The van der Waals surface area contributed by atoms with Gasteiger partial charge in [0.2, 0.25) is 17.5 Å². The summed E-state index contributed by atoms with van der Waals surface area (Å²) < 4.78 is 101. The second-order valence-corrected chi connectivity index (χ2v) is 11.6. The molecule has 2 amide bonds. The van der Waals surface area contributed by atoms with Gasteiger partial charge in [0.15, 0.2) is 11.3 Å². The summed E-state index contributed by atoms with van der Waals surface area (Å²) in [5.41, 5.74) is -2.67. The highest BCUT2D eigenvalue weighted by Crippen LogP contribution is 2.43. The van der Waals surface area contributed by atoms with Crippen LogP contribution in [0.1, 0.15) is 72.0 Å². The van der Waals surface area contributed by atoms with Gasteiger partial charge in [0.25, 0.3) is 12.3 Å². The Morgan fingerprint density at radius 3 is 2.50 bits per heavy atom. The third kappa shape index (κ3) is 6.23. The lowest BCUT2D eigenvalue weighted by atomic mass is 9.79. The Morgan fingerprint density at radius 1 is 1.13 bits per heavy atom. The van der Waals surface area contributed by atoms with Crippen molar-refractivity contribution in [3.05, 3.63) is 53.5 Å². The van der Waals surface area contributed by atoms with Crippen LogP contribution in [0.4, 0.5) is 30.7 Å². The zero-order valence-electron chi connectivity index (χ0n) is 23.6. The molecule has 1 saturated carbocycles. The molecule has 0 aromatic carbocycles. The van der Waals surface area contributed by atoms with Gasteiger partial charge >= 0.3 is 6.18 Å². The van der Waals surface area contributed by atoms with Crippen molar-refractivity contribution < 1.29 is 45.0 Å². The molecule has 0 unspecified atom stereocenters. The number of carbonyl (C=O) groups excluding carboxylic acids is 2. The number of imidazole rings is 1. The first-order valence-electron chi connectivity index (χ1n) is 14.1. The summed E-state index contributed by atoms with van der Waals surface area (Å²) in [5, 5.41) is 23.1. The molecule has 0 spiro atoms. The standard InChI is InChI=1S/C26H25F7N10O3/c27-21(28)19-20(41-46-40-19)22(44)39-18(14-1-3-25(29,30)4-2-14)15-11-42-17(37-15)7-13(10-36-42)8-24(12-43-34-5-6-35-43)9-16(26(31,32)33)38-23(24)45/h5-7,10-11,14,16,18,21H,1-4,8-9,12H2,(H,38,45)(H,39,44)/t16-,18-,24-/m0/s1. The normalized spacial score (nSPS) is 22.8. The Bertz CT molecular complexity index is 1710. The van der Waals surface area contributed by atoms with Crippen molar-refractivity contribution in [3.8, 4) is 0 Å². The molecule has 5 heterocycles. The first kappa shape index (κ1) is 31.3. The molecular formula is C26H25F7N10O3. The molecule has 2 aliphatic rings. The number of amides is 2. The molecule has 0 bridgehead atoms. The molecular weight excluding hydrogens is 633 g/mol. The quantitative estimate of drug-likeness (QED) is 0.256. The number of aromatic nitrogens is 8. The molecule has 4 aromatic rings. The van der Waals surface area contributed by atoms with E-state index >= 15 is 0 Å². The van der Waals surface area contributed by atoms with Gasteiger partial charge in [-0.25, -0.2) is 31.7 Å². The van der Waals surface area contributed by atoms with Crippen LogP contribution >= 0.6 is 0 Å². The maximum atomic E-state index is 14.0. The molecule has 1 aliphatic heterocycles. The third-order valence-corrected chi connectivity index (χ3v) is 8.40. The van der Waals surface area contributed by atoms with Crippen molar-refractivity contribution in [1.82, 2.24) is 50.5 Å². The van der Waals surface area contributed by atoms with E-state index in [1.54, 1.807) is 0 Å². The molecule has 1 saturated heterocycles. The number of hydrogen-bond donors (Lipinski definition) is 2. The predicted molar refractivity (Wildman–Crippen MR) is 138 cm³/mol. The first-order chi connectivity index (χ1) is 21.7. The molecule has 2 N–H and O–H groups in total. The van der Waals surface area contributed by atoms with Crippen LogP contribution in [0.5, 0.6) is 0 Å². The Morgan fingerprint density at radius 2 is 1.85 bits per heavy atom. The van der Waals surface area contributed by atoms with Crippen LogP contribution < -0.4 is 10.6 Å². The van der Waals surface area contributed by atoms with Crippen molar-refractivity contribution in [2.75, 3.05) is 0 Å². The second-order valence-electron chi connectivity index (χ2n) is 11.6. The minimum absolute atomic E-state index is 0.0251. The van der Waals surface area contributed by atoms with Crippen molar-refractivity contribution in [1.29, 1.82) is 0 Å². The molecule has 0 radical (unpaired) electrons. The summed E-state index contributed by atoms with van der Waals surface area (Å²) in [4.78, 5) is 31.7. The highest BCUT2D eigenvalue weighted by atomic mass is 19.4. The molecule has 20 heteroatoms. The average Bonchev–Trinajstić information content (AvgIpc) is 3.79. The van der Waals surface area contributed by atoms with Gasteiger partial charge < -0.3 is 10.6 Å². The summed E-state index contributed by atoms with van der Waals surface area (Å²) in [5.74, 6) is -5.39. The molecule has 1 aliphatic carbocycles. The van der Waals surface area contributed by atoms with Gasteiger partial charge in [-0.3, -0.25) is 9.59 Å². The Kier molecular flexibility index (Phi) is 7.91. The smallest absolute Gasteiger partial charge is 0.344 e. The summed E-state index contributed by atoms with van der Waals surface area (Å²) >= 11 is 0. The maximum Gasteiger partial charge on any atom is 0.408 e. The van der Waals surface area contributed by atoms with E-state index in [1.165, 1.54) is 35.4 Å². The van der Waals surface area contributed by atoms with Crippen LogP contribution in [-0.4, -0.2) is 69.9 Å². The number of alkyl halides is 7. The first-order valence-corrected chi connectivity index (χ1v) is 14.1. The lowest BCUT2D eigenvalue weighted by molar-refractivity contribution is -0.155. The Labute approximate surface area is 253 Å². The molecule has 6 rings (SSSR count). The topological polar surface area (TPSA) is 158 Å². The minimum Gasteiger partial charge on any atom is -0.344 e. The number of carbonyl (C=O) groups is 2. The van der Waals surface area contributed by atoms with Gasteiger partial charge in [-0.2, -0.15) is 33.3 Å². The SMILES string of the molecule is O=C(N[C@H](c1cn2ncc(C[C@@]3(Cn4nccn4)C[C@@H](C(F)(F)F)NC3=O)cc2n1)C1CCC(F)(F)CC1)c1nonc1C(F)F. The largest absolute Gasteiger partial charge is 0.408 e. The molecule has 3 atom stereocenters. The van der Waals surface area contributed by atoms with Gasteiger partial charge in [0, 0.05) is 12.8 Å². The van der Waals surface area contributed by atoms with E-state index in [9.17, 15) is 40.3 Å². The van der Waals surface area contributed by atoms with E-state index in [2.05, 4.69) is 40.5 Å². The van der Waals surface area contributed by atoms with E-state index in [4.69, 9.17) is 0 Å². The van der Waals surface area contributed by atoms with Crippen LogP contribution in [0.3, 0.4) is 0 Å². The third-order valence-electron chi connectivity index (χ3n) is 8.40. The van der Waals surface area contributed by atoms with E-state index in [1.807, 2.05) is 5.32 Å². The van der Waals surface area contributed by atoms with Gasteiger partial charge in [0.1, 0.15) is 6.04 Å². The predicted octanol–water partition coefficient (Wildman–Crippen LogP) is 3.62. The Hall–Kier alpha value is -4.65. The van der Waals surface area contributed by atoms with Crippen LogP contribution in [-0.2, 0) is 17.8 Å². The van der Waals surface area contributed by atoms with E-state index in [0.717, 1.165) is 4.80 Å². The van der Waals surface area contributed by atoms with E-state index in [0.29, 0.717) is 5.56 Å². The van der Waals surface area contributed by atoms with Gasteiger partial charge in [-0.1, -0.05) is 0 Å². The lowest BCUT2D eigenvalue weighted by Crippen LogP contribution is -2.40. The fourth-order valence-corrected chi connectivity index (χ4v) is 6.09. The minimum atomic E-state index is -4.68. The number of hydrogen-bond acceptors (Lipinski definition) is 9. The molecule has 246 valence electrons. The van der Waals surface area contributed by atoms with E-state index < -0.39 is 84.4 Å². The number of rotatable bonds is 9. The average molecular weight is 659 g/mol. The maximum absolute atomic E-state index is 14.0. The molecule has 46 heavy (non-hydrogen) atoms. The number of nitrogens with one attached hydrogen (secondary N) is 2. The summed E-state index contributed by atoms with van der Waals surface area (Å²) in [6, 6.07) is -1.63. The molecule has 13 nitrogen and oxygen atoms in total. The highest BCUT2D eigenvalue weighted by Gasteiger charge is 2.56. The number of nitrogens with zero attached hydrogens (tertiary/aromatic N) is 8. The zero-order chi connectivity index (χ0) is 32.9. The van der Waals surface area contributed by atoms with Crippen LogP contribution in [0.25, 0.3) is 5.65 Å². The summed E-state index contributed by atoms with van der Waals surface area (Å²) in [7, 11) is 0. The van der Waals surface area contributed by atoms with Crippen LogP contribution in [0, 0.1) is 11.3 Å². The lowest BCUT2D eigenvalue weighted by Gasteiger charge is -2.33. The monoisotopic (exact) mass is 658 g/mol. The molecule has 4 aromatic heterocycles. The van der Waals surface area contributed by atoms with Crippen molar-refractivity contribution >= 4 is 17.5 Å². The summed E-state index contributed by atoms with van der Waals surface area (Å²) in [6.45, 7) is -0.249. The fraction of sp³-hybridized carbons (Fsp3) is 0.538. The number of halogens is 7. The highest BCUT2D eigenvalue weighted by molar-refractivity contribution is 5.93. The zero-order valence-corrected chi connectivity index (χ0v) is 23.6. The van der Waals surface area contributed by atoms with Crippen molar-refractivity contribution in [2.45, 2.75) is 75.7 Å². The van der Waals surface area contributed by atoms with E-state index in [-0.39, 0.29) is 37.1 Å². The second kappa shape index (κ2) is 11.6. The van der Waals surface area contributed by atoms with Crippen molar-refractivity contribution in [2.24, 2.45) is 11.3 Å². The molecule has 2 fully saturated rings. The van der Waals surface area contributed by atoms with Gasteiger partial charge in [0.05, 0.1) is 48.5 Å². The van der Waals surface area contributed by atoms with Gasteiger partial charge in [-0.05, 0) is 53.5 Å². The van der Waals surface area contributed by atoms with Crippen LogP contribution in [0.2, 0.25) is 0 Å². The fourth-order valence-electron chi connectivity index (χ4n) is 6.09. The Balaban J connectivity index is 1.31.